The van der Waals surface area contributed by atoms with Crippen LogP contribution in [-0.2, 0) is 4.79 Å². The number of carboxylic acid groups (broad SMARTS) is 1. The van der Waals surface area contributed by atoms with E-state index in [0.717, 1.165) is 23.2 Å². The lowest BCUT2D eigenvalue weighted by Gasteiger charge is -2.36. The molecule has 4 rings (SSSR count). The summed E-state index contributed by atoms with van der Waals surface area (Å²) in [6, 6.07) is 15.1. The Kier molecular flexibility index (Phi) is 4.95. The number of hydrogen-bond donors (Lipinski definition) is 1. The molecule has 0 radical (unpaired) electrons. The van der Waals surface area contributed by atoms with Crippen LogP contribution in [0.5, 0.6) is 0 Å². The molecule has 6 heteroatoms. The van der Waals surface area contributed by atoms with Crippen molar-refractivity contribution in [2.75, 3.05) is 13.1 Å². The first kappa shape index (κ1) is 17.2. The van der Waals surface area contributed by atoms with Crippen LogP contribution in [0.15, 0.2) is 46.3 Å². The number of benzene rings is 1. The summed E-state index contributed by atoms with van der Waals surface area (Å²) in [5, 5.41) is 10.7. The molecular formula is C19H18BrNO2S2. The molecule has 3 nitrogen and oxygen atoms in total. The Labute approximate surface area is 163 Å². The van der Waals surface area contributed by atoms with Gasteiger partial charge in [-0.25, -0.2) is 0 Å². The molecule has 130 valence electrons. The van der Waals surface area contributed by atoms with Crippen LogP contribution in [0.2, 0.25) is 0 Å². The summed E-state index contributed by atoms with van der Waals surface area (Å²) in [4.78, 5) is 16.4. The Balaban J connectivity index is 1.75. The number of likely N-dealkylation sites (tertiary alicyclic amines) is 1. The fourth-order valence-corrected chi connectivity index (χ4v) is 6.43. The molecule has 0 aliphatic carbocycles. The number of nitrogens with zero attached hydrogens (tertiary/aromatic N) is 1. The third kappa shape index (κ3) is 3.53. The van der Waals surface area contributed by atoms with Crippen molar-refractivity contribution in [2.45, 2.75) is 18.9 Å². The van der Waals surface area contributed by atoms with Crippen LogP contribution in [0.25, 0.3) is 10.1 Å². The van der Waals surface area contributed by atoms with Gasteiger partial charge in [-0.1, -0.05) is 18.2 Å². The summed E-state index contributed by atoms with van der Waals surface area (Å²) in [7, 11) is 0. The van der Waals surface area contributed by atoms with Crippen molar-refractivity contribution in [3.8, 4) is 0 Å². The monoisotopic (exact) mass is 435 g/mol. The van der Waals surface area contributed by atoms with Crippen LogP contribution in [0.4, 0.5) is 0 Å². The molecule has 1 aliphatic rings. The lowest BCUT2D eigenvalue weighted by Crippen LogP contribution is -2.40. The van der Waals surface area contributed by atoms with Gasteiger partial charge in [0.2, 0.25) is 0 Å². The highest BCUT2D eigenvalue weighted by Gasteiger charge is 2.32. The summed E-state index contributed by atoms with van der Waals surface area (Å²) in [6.07, 6.45) is 1.71. The molecule has 0 amide bonds. The zero-order valence-electron chi connectivity index (χ0n) is 13.5. The highest BCUT2D eigenvalue weighted by atomic mass is 79.9. The van der Waals surface area contributed by atoms with E-state index in [4.69, 9.17) is 0 Å². The molecule has 1 N–H and O–H groups in total. The molecule has 1 aliphatic heterocycles. The maximum Gasteiger partial charge on any atom is 0.307 e. The second-order valence-electron chi connectivity index (χ2n) is 6.40. The van der Waals surface area contributed by atoms with Gasteiger partial charge in [-0.15, -0.1) is 22.7 Å². The maximum absolute atomic E-state index is 11.5. The van der Waals surface area contributed by atoms with E-state index >= 15 is 0 Å². The molecule has 1 fully saturated rings. The molecule has 0 bridgehead atoms. The molecule has 2 atom stereocenters. The second-order valence-corrected chi connectivity index (χ2v) is 10.0. The van der Waals surface area contributed by atoms with Gasteiger partial charge in [0.15, 0.2) is 0 Å². The van der Waals surface area contributed by atoms with Crippen molar-refractivity contribution in [3.05, 3.63) is 56.0 Å². The van der Waals surface area contributed by atoms with Gasteiger partial charge < -0.3 is 5.11 Å². The van der Waals surface area contributed by atoms with Crippen molar-refractivity contribution in [2.24, 2.45) is 5.92 Å². The molecule has 25 heavy (non-hydrogen) atoms. The molecule has 0 spiro atoms. The van der Waals surface area contributed by atoms with Gasteiger partial charge in [-0.2, -0.15) is 0 Å². The molecule has 3 heterocycles. The van der Waals surface area contributed by atoms with E-state index in [1.807, 2.05) is 11.3 Å². The second kappa shape index (κ2) is 7.19. The standard InChI is InChI=1S/C19H18BrNO2S2/c20-17-8-7-15(25-17)18(21-9-3-5-13(11-21)19(22)23)16-10-12-4-1-2-6-14(12)24-16/h1-2,4,6-8,10,13,18H,3,5,9,11H2,(H,22,23). The molecular weight excluding hydrogens is 418 g/mol. The van der Waals surface area contributed by atoms with Crippen LogP contribution in [0.1, 0.15) is 28.6 Å². The van der Waals surface area contributed by atoms with E-state index in [9.17, 15) is 9.90 Å². The van der Waals surface area contributed by atoms with Crippen LogP contribution in [0.3, 0.4) is 0 Å². The van der Waals surface area contributed by atoms with E-state index in [-0.39, 0.29) is 12.0 Å². The Hall–Kier alpha value is -1.21. The number of fused-ring (bicyclic) bond motifs is 1. The summed E-state index contributed by atoms with van der Waals surface area (Å²) < 4.78 is 2.39. The average Bonchev–Trinajstić information content (AvgIpc) is 3.21. The quantitative estimate of drug-likeness (QED) is 0.578. The molecule has 1 saturated heterocycles. The predicted molar refractivity (Wildman–Crippen MR) is 108 cm³/mol. The highest BCUT2D eigenvalue weighted by molar-refractivity contribution is 9.11. The first-order valence-corrected chi connectivity index (χ1v) is 10.7. The van der Waals surface area contributed by atoms with Crippen LogP contribution in [0, 0.1) is 5.92 Å². The summed E-state index contributed by atoms with van der Waals surface area (Å²) in [5.74, 6) is -0.943. The first-order chi connectivity index (χ1) is 12.1. The fourth-order valence-electron chi connectivity index (χ4n) is 3.56. The molecule has 2 aromatic heterocycles. The maximum atomic E-state index is 11.5. The van der Waals surface area contributed by atoms with Gasteiger partial charge in [0.1, 0.15) is 0 Å². The van der Waals surface area contributed by atoms with Gasteiger partial charge >= 0.3 is 5.97 Å². The molecule has 3 aromatic rings. The third-order valence-electron chi connectivity index (χ3n) is 4.74. The zero-order chi connectivity index (χ0) is 17.4. The minimum atomic E-state index is -0.674. The number of carboxylic acids is 1. The number of piperidine rings is 1. The van der Waals surface area contributed by atoms with E-state index < -0.39 is 5.97 Å². The minimum absolute atomic E-state index is 0.135. The normalized spacial score (nSPS) is 20.0. The van der Waals surface area contributed by atoms with E-state index in [1.165, 1.54) is 19.8 Å². The highest BCUT2D eigenvalue weighted by Crippen LogP contribution is 2.41. The number of hydrogen-bond acceptors (Lipinski definition) is 4. The van der Waals surface area contributed by atoms with Crippen molar-refractivity contribution in [3.63, 3.8) is 0 Å². The van der Waals surface area contributed by atoms with Gasteiger partial charge in [-0.3, -0.25) is 9.69 Å². The molecule has 1 aromatic carbocycles. The third-order valence-corrected chi connectivity index (χ3v) is 7.59. The Morgan fingerprint density at radius 2 is 2.04 bits per heavy atom. The van der Waals surface area contributed by atoms with Crippen LogP contribution >= 0.6 is 38.6 Å². The number of rotatable bonds is 4. The fraction of sp³-hybridized carbons (Fsp3) is 0.316. The minimum Gasteiger partial charge on any atom is -0.481 e. The van der Waals surface area contributed by atoms with E-state index in [2.05, 4.69) is 63.3 Å². The van der Waals surface area contributed by atoms with Crippen LogP contribution < -0.4 is 0 Å². The van der Waals surface area contributed by atoms with E-state index in [0.29, 0.717) is 6.54 Å². The Bertz CT molecular complexity index is 871. The largest absolute Gasteiger partial charge is 0.481 e. The lowest BCUT2D eigenvalue weighted by molar-refractivity contribution is -0.143. The van der Waals surface area contributed by atoms with Gasteiger partial charge in [0.25, 0.3) is 0 Å². The number of halogens is 1. The van der Waals surface area contributed by atoms with Gasteiger partial charge in [-0.05, 0) is 65.0 Å². The SMILES string of the molecule is O=C(O)C1CCCN(C(c2ccc(Br)s2)c2cc3ccccc3s2)C1. The van der Waals surface area contributed by atoms with Gasteiger partial charge in [0, 0.05) is 21.0 Å². The van der Waals surface area contributed by atoms with Crippen molar-refractivity contribution in [1.82, 2.24) is 4.90 Å². The number of aliphatic carboxylic acids is 1. The summed E-state index contributed by atoms with van der Waals surface area (Å²) >= 11 is 7.13. The lowest BCUT2D eigenvalue weighted by atomic mass is 9.96. The van der Waals surface area contributed by atoms with Crippen molar-refractivity contribution >= 4 is 54.7 Å². The average molecular weight is 436 g/mol. The van der Waals surface area contributed by atoms with Gasteiger partial charge in [0.05, 0.1) is 15.7 Å². The summed E-state index contributed by atoms with van der Waals surface area (Å²) in [6.45, 7) is 1.56. The van der Waals surface area contributed by atoms with Crippen molar-refractivity contribution < 1.29 is 9.90 Å². The number of carbonyl (C=O) groups is 1. The Morgan fingerprint density at radius 3 is 2.76 bits per heavy atom. The zero-order valence-corrected chi connectivity index (χ0v) is 16.7. The predicted octanol–water partition coefficient (Wildman–Crippen LogP) is 5.61. The van der Waals surface area contributed by atoms with E-state index in [1.54, 1.807) is 11.3 Å². The smallest absolute Gasteiger partial charge is 0.307 e. The molecule has 2 unspecified atom stereocenters. The van der Waals surface area contributed by atoms with Crippen LogP contribution in [-0.4, -0.2) is 29.1 Å². The number of thiophene rings is 2. The van der Waals surface area contributed by atoms with Crippen molar-refractivity contribution in [1.29, 1.82) is 0 Å². The first-order valence-electron chi connectivity index (χ1n) is 8.32. The Morgan fingerprint density at radius 1 is 1.20 bits per heavy atom. The summed E-state index contributed by atoms with van der Waals surface area (Å²) in [5.41, 5.74) is 0. The topological polar surface area (TPSA) is 40.5 Å². The molecule has 0 saturated carbocycles.